The van der Waals surface area contributed by atoms with Gasteiger partial charge in [0.1, 0.15) is 23.2 Å². The highest BCUT2D eigenvalue weighted by Crippen LogP contribution is 2.24. The Hall–Kier alpha value is -1.67. The Balaban J connectivity index is 2.01. The molecule has 0 radical (unpaired) electrons. The summed E-state index contributed by atoms with van der Waals surface area (Å²) in [6.45, 7) is 2.21. The van der Waals surface area contributed by atoms with Gasteiger partial charge < -0.3 is 0 Å². The van der Waals surface area contributed by atoms with Crippen LogP contribution in [-0.4, -0.2) is 31.3 Å². The Labute approximate surface area is 127 Å². The monoisotopic (exact) mass is 308 g/mol. The van der Waals surface area contributed by atoms with Crippen molar-refractivity contribution in [2.24, 2.45) is 5.84 Å². The first kappa shape index (κ1) is 15.7. The zero-order chi connectivity index (χ0) is 15.1. The molecule has 0 saturated heterocycles. The molecule has 0 atom stereocenters. The number of aromatic nitrogens is 4. The number of nitrogens with two attached hydrogens (primary N) is 1. The van der Waals surface area contributed by atoms with Crippen molar-refractivity contribution in [3.05, 3.63) is 12.7 Å². The van der Waals surface area contributed by atoms with Crippen molar-refractivity contribution in [1.82, 2.24) is 24.9 Å². The third-order valence-corrected chi connectivity index (χ3v) is 4.19. The molecule has 0 spiro atoms. The number of rotatable bonds is 7. The molecule has 0 aliphatic rings. The topological polar surface area (TPSA) is 98.7 Å². The van der Waals surface area contributed by atoms with E-state index in [1.807, 2.05) is 0 Å². The van der Waals surface area contributed by atoms with Crippen LogP contribution < -0.4 is 11.3 Å². The molecule has 2 heterocycles. The largest absolute Gasteiger partial charge is 0.342 e. The molecule has 0 unspecified atom stereocenters. The Morgan fingerprint density at radius 1 is 1.29 bits per heavy atom. The van der Waals surface area contributed by atoms with Gasteiger partial charge in [-0.2, -0.15) is 0 Å². The maximum absolute atomic E-state index is 11.6. The standard InChI is InChI=1S/C13H20N6OS/c1-2-3-4-5-6-7-21-12-10-11(15-8-16-12)19(9-17-10)13(20)18-14/h8-9H,2-7,14H2,1H3,(H,18,20). The van der Waals surface area contributed by atoms with Crippen molar-refractivity contribution >= 4 is 29.0 Å². The van der Waals surface area contributed by atoms with Crippen LogP contribution in [0.1, 0.15) is 39.0 Å². The van der Waals surface area contributed by atoms with E-state index in [1.54, 1.807) is 11.8 Å². The number of hydrogen-bond acceptors (Lipinski definition) is 6. The van der Waals surface area contributed by atoms with Gasteiger partial charge in [-0.1, -0.05) is 32.6 Å². The van der Waals surface area contributed by atoms with Crippen LogP contribution in [0, 0.1) is 0 Å². The first-order valence-electron chi connectivity index (χ1n) is 7.09. The Kier molecular flexibility index (Phi) is 5.94. The summed E-state index contributed by atoms with van der Waals surface area (Å²) in [4.78, 5) is 24.1. The summed E-state index contributed by atoms with van der Waals surface area (Å²) >= 11 is 1.65. The predicted molar refractivity (Wildman–Crippen MR) is 82.9 cm³/mol. The van der Waals surface area contributed by atoms with Crippen molar-refractivity contribution in [1.29, 1.82) is 0 Å². The first-order chi connectivity index (χ1) is 10.3. The van der Waals surface area contributed by atoms with Crippen LogP contribution in [0.2, 0.25) is 0 Å². The summed E-state index contributed by atoms with van der Waals surface area (Å²) in [6.07, 6.45) is 9.07. The number of thioether (sulfide) groups is 1. The Bertz CT molecular complexity index is 599. The van der Waals surface area contributed by atoms with E-state index in [9.17, 15) is 4.79 Å². The third kappa shape index (κ3) is 3.92. The van der Waals surface area contributed by atoms with E-state index in [-0.39, 0.29) is 0 Å². The fourth-order valence-electron chi connectivity index (χ4n) is 2.01. The number of amides is 1. The molecule has 3 N–H and O–H groups in total. The number of hydrogen-bond donors (Lipinski definition) is 2. The van der Waals surface area contributed by atoms with E-state index >= 15 is 0 Å². The molecule has 0 aromatic carbocycles. The van der Waals surface area contributed by atoms with Crippen molar-refractivity contribution in [3.63, 3.8) is 0 Å². The van der Waals surface area contributed by atoms with Gasteiger partial charge in [-0.15, -0.1) is 11.8 Å². The predicted octanol–water partition coefficient (Wildman–Crippen LogP) is 2.32. The van der Waals surface area contributed by atoms with Gasteiger partial charge in [-0.05, 0) is 12.2 Å². The smallest absolute Gasteiger partial charge is 0.275 e. The highest BCUT2D eigenvalue weighted by molar-refractivity contribution is 7.99. The normalized spacial score (nSPS) is 11.0. The summed E-state index contributed by atoms with van der Waals surface area (Å²) < 4.78 is 1.28. The van der Waals surface area contributed by atoms with Crippen LogP contribution in [0.15, 0.2) is 17.7 Å². The lowest BCUT2D eigenvalue weighted by atomic mass is 10.2. The Morgan fingerprint density at radius 3 is 2.86 bits per heavy atom. The number of carbonyl (C=O) groups excluding carboxylic acids is 1. The number of fused-ring (bicyclic) bond motifs is 1. The maximum Gasteiger partial charge on any atom is 0.342 e. The molecule has 2 aromatic rings. The van der Waals surface area contributed by atoms with Gasteiger partial charge in [0.05, 0.1) is 0 Å². The fourth-order valence-corrected chi connectivity index (χ4v) is 2.96. The van der Waals surface area contributed by atoms with Gasteiger partial charge in [0.15, 0.2) is 5.65 Å². The molecule has 0 saturated carbocycles. The van der Waals surface area contributed by atoms with Crippen LogP contribution in [0.3, 0.4) is 0 Å². The molecule has 0 aliphatic heterocycles. The van der Waals surface area contributed by atoms with Gasteiger partial charge in [-0.25, -0.2) is 30.2 Å². The van der Waals surface area contributed by atoms with Crippen molar-refractivity contribution < 1.29 is 4.79 Å². The van der Waals surface area contributed by atoms with Gasteiger partial charge in [0.25, 0.3) is 0 Å². The van der Waals surface area contributed by atoms with Crippen LogP contribution in [0.25, 0.3) is 11.2 Å². The highest BCUT2D eigenvalue weighted by atomic mass is 32.2. The van der Waals surface area contributed by atoms with Crippen LogP contribution in [-0.2, 0) is 0 Å². The lowest BCUT2D eigenvalue weighted by molar-refractivity contribution is 0.243. The van der Waals surface area contributed by atoms with Gasteiger partial charge in [0, 0.05) is 0 Å². The van der Waals surface area contributed by atoms with E-state index in [1.165, 1.54) is 42.9 Å². The minimum absolute atomic E-state index is 0.466. The minimum atomic E-state index is -0.466. The summed E-state index contributed by atoms with van der Waals surface area (Å²) in [5.74, 6) is 6.13. The molecular weight excluding hydrogens is 288 g/mol. The molecule has 0 bridgehead atoms. The number of carbonyl (C=O) groups is 1. The zero-order valence-electron chi connectivity index (χ0n) is 12.1. The number of imidazole rings is 1. The molecule has 7 nitrogen and oxygen atoms in total. The molecular formula is C13H20N6OS. The Morgan fingerprint density at radius 2 is 2.10 bits per heavy atom. The lowest BCUT2D eigenvalue weighted by Crippen LogP contribution is -2.33. The zero-order valence-corrected chi connectivity index (χ0v) is 12.9. The minimum Gasteiger partial charge on any atom is -0.275 e. The SMILES string of the molecule is CCCCCCCSc1ncnc2c1ncn2C(=O)NN. The van der Waals surface area contributed by atoms with E-state index in [0.717, 1.165) is 17.2 Å². The molecule has 0 fully saturated rings. The number of hydrazine groups is 1. The second kappa shape index (κ2) is 7.94. The van der Waals surface area contributed by atoms with Gasteiger partial charge in [0.2, 0.25) is 0 Å². The number of nitrogens with zero attached hydrogens (tertiary/aromatic N) is 4. The quantitative estimate of drug-likeness (QED) is 0.203. The third-order valence-electron chi connectivity index (χ3n) is 3.13. The average molecular weight is 308 g/mol. The van der Waals surface area contributed by atoms with Crippen molar-refractivity contribution in [3.8, 4) is 0 Å². The number of unbranched alkanes of at least 4 members (excludes halogenated alkanes) is 4. The average Bonchev–Trinajstić information content (AvgIpc) is 2.94. The van der Waals surface area contributed by atoms with Crippen molar-refractivity contribution in [2.75, 3.05) is 5.75 Å². The second-order valence-corrected chi connectivity index (χ2v) is 5.76. The molecule has 8 heteroatoms. The highest BCUT2D eigenvalue weighted by Gasteiger charge is 2.13. The lowest BCUT2D eigenvalue weighted by Gasteiger charge is -2.03. The summed E-state index contributed by atoms with van der Waals surface area (Å²) in [5.41, 5.74) is 3.18. The van der Waals surface area contributed by atoms with Crippen molar-refractivity contribution in [2.45, 2.75) is 44.1 Å². The maximum atomic E-state index is 11.6. The second-order valence-electron chi connectivity index (χ2n) is 4.68. The summed E-state index contributed by atoms with van der Waals surface area (Å²) in [5, 5.41) is 0.805. The molecule has 114 valence electrons. The molecule has 2 rings (SSSR count). The van der Waals surface area contributed by atoms with E-state index in [0.29, 0.717) is 11.2 Å². The summed E-state index contributed by atoms with van der Waals surface area (Å²) in [7, 11) is 0. The first-order valence-corrected chi connectivity index (χ1v) is 8.08. The van der Waals surface area contributed by atoms with E-state index in [2.05, 4.69) is 27.3 Å². The number of nitrogen functional groups attached to an aromatic ring is 1. The molecule has 1 amide bonds. The molecule has 0 aliphatic carbocycles. The van der Waals surface area contributed by atoms with E-state index < -0.39 is 6.03 Å². The molecule has 2 aromatic heterocycles. The van der Waals surface area contributed by atoms with Crippen LogP contribution >= 0.6 is 11.8 Å². The van der Waals surface area contributed by atoms with Gasteiger partial charge in [-0.3, -0.25) is 5.43 Å². The van der Waals surface area contributed by atoms with E-state index in [4.69, 9.17) is 5.84 Å². The number of nitrogens with one attached hydrogen (secondary N) is 1. The van der Waals surface area contributed by atoms with Gasteiger partial charge >= 0.3 is 6.03 Å². The van der Waals surface area contributed by atoms with Crippen LogP contribution in [0.5, 0.6) is 0 Å². The molecule has 21 heavy (non-hydrogen) atoms. The van der Waals surface area contributed by atoms with Crippen LogP contribution in [0.4, 0.5) is 4.79 Å². The fraction of sp³-hybridized carbons (Fsp3) is 0.538. The summed E-state index contributed by atoms with van der Waals surface area (Å²) in [6, 6.07) is -0.466.